The van der Waals surface area contributed by atoms with E-state index >= 15 is 0 Å². The molecule has 0 bridgehead atoms. The molecule has 6 nitrogen and oxygen atoms in total. The van der Waals surface area contributed by atoms with Crippen molar-refractivity contribution in [3.63, 3.8) is 0 Å². The Labute approximate surface area is 133 Å². The molecule has 2 heterocycles. The summed E-state index contributed by atoms with van der Waals surface area (Å²) in [6.45, 7) is 0.588. The van der Waals surface area contributed by atoms with E-state index in [1.54, 1.807) is 6.07 Å². The number of primary amides is 1. The molecule has 1 aliphatic heterocycles. The number of aromatic amines is 1. The highest BCUT2D eigenvalue weighted by Crippen LogP contribution is 2.30. The maximum absolute atomic E-state index is 14.1. The topological polar surface area (TPSA) is 96.3 Å². The van der Waals surface area contributed by atoms with Crippen molar-refractivity contribution in [2.24, 2.45) is 11.7 Å². The summed E-state index contributed by atoms with van der Waals surface area (Å²) in [6, 6.07) is 4.39. The summed E-state index contributed by atoms with van der Waals surface area (Å²) in [6.07, 6.45) is 2.90. The molecule has 1 fully saturated rings. The van der Waals surface area contributed by atoms with E-state index in [4.69, 9.17) is 5.73 Å². The lowest BCUT2D eigenvalue weighted by atomic mass is 9.96. The van der Waals surface area contributed by atoms with Gasteiger partial charge in [0, 0.05) is 31.2 Å². The highest BCUT2D eigenvalue weighted by molar-refractivity contribution is 7.89. The molecule has 1 atom stereocenters. The number of nitrogens with two attached hydrogens (primary N) is 1. The Morgan fingerprint density at radius 2 is 2.22 bits per heavy atom. The van der Waals surface area contributed by atoms with Crippen LogP contribution in [0.25, 0.3) is 10.9 Å². The molecule has 8 heteroatoms. The van der Waals surface area contributed by atoms with E-state index in [0.29, 0.717) is 18.5 Å². The predicted octanol–water partition coefficient (Wildman–Crippen LogP) is 1.58. The molecule has 1 aromatic heterocycles. The van der Waals surface area contributed by atoms with Crippen molar-refractivity contribution in [3.8, 4) is 0 Å². The van der Waals surface area contributed by atoms with Crippen LogP contribution in [-0.4, -0.2) is 36.7 Å². The molecule has 0 aliphatic carbocycles. The van der Waals surface area contributed by atoms with Gasteiger partial charge < -0.3 is 10.7 Å². The summed E-state index contributed by atoms with van der Waals surface area (Å²) in [5, 5.41) is 0.0736. The summed E-state index contributed by atoms with van der Waals surface area (Å²) < 4.78 is 41.1. The van der Waals surface area contributed by atoms with Gasteiger partial charge in [-0.2, -0.15) is 4.31 Å². The highest BCUT2D eigenvalue weighted by atomic mass is 32.2. The SMILES string of the molecule is NC(=O)CC1CCCN(S(=O)(=O)c2c[nH]c3cccc(F)c23)C1. The molecule has 0 spiro atoms. The fraction of sp³-hybridized carbons (Fsp3) is 0.400. The third-order valence-corrected chi connectivity index (χ3v) is 6.10. The van der Waals surface area contributed by atoms with Crippen molar-refractivity contribution in [2.75, 3.05) is 13.1 Å². The lowest BCUT2D eigenvalue weighted by molar-refractivity contribution is -0.119. The Kier molecular flexibility index (Phi) is 4.11. The number of rotatable bonds is 4. The van der Waals surface area contributed by atoms with Gasteiger partial charge in [-0.15, -0.1) is 0 Å². The minimum Gasteiger partial charge on any atom is -0.370 e. The van der Waals surface area contributed by atoms with Gasteiger partial charge in [0.2, 0.25) is 15.9 Å². The molecule has 3 rings (SSSR count). The van der Waals surface area contributed by atoms with Crippen LogP contribution in [0.1, 0.15) is 19.3 Å². The summed E-state index contributed by atoms with van der Waals surface area (Å²) in [4.78, 5) is 13.8. The maximum atomic E-state index is 14.1. The number of piperidine rings is 1. The van der Waals surface area contributed by atoms with Gasteiger partial charge in [-0.05, 0) is 30.9 Å². The first-order valence-corrected chi connectivity index (χ1v) is 8.87. The average molecular weight is 339 g/mol. The first-order valence-electron chi connectivity index (χ1n) is 7.43. The van der Waals surface area contributed by atoms with Crippen LogP contribution in [0.2, 0.25) is 0 Å². The zero-order valence-corrected chi connectivity index (χ0v) is 13.3. The Hall–Kier alpha value is -1.93. The molecule has 0 saturated carbocycles. The number of sulfonamides is 1. The van der Waals surface area contributed by atoms with E-state index in [1.165, 1.54) is 22.6 Å². The van der Waals surface area contributed by atoms with E-state index < -0.39 is 21.7 Å². The number of nitrogens with one attached hydrogen (secondary N) is 1. The average Bonchev–Trinajstić information content (AvgIpc) is 2.93. The molecule has 1 saturated heterocycles. The van der Waals surface area contributed by atoms with Gasteiger partial charge in [-0.3, -0.25) is 4.79 Å². The van der Waals surface area contributed by atoms with Crippen LogP contribution in [-0.2, 0) is 14.8 Å². The van der Waals surface area contributed by atoms with Gasteiger partial charge in [0.25, 0.3) is 0 Å². The lowest BCUT2D eigenvalue weighted by Gasteiger charge is -2.31. The van der Waals surface area contributed by atoms with Crippen LogP contribution in [0, 0.1) is 11.7 Å². The van der Waals surface area contributed by atoms with Crippen LogP contribution >= 0.6 is 0 Å². The molecule has 1 aromatic carbocycles. The molecule has 23 heavy (non-hydrogen) atoms. The molecule has 3 N–H and O–H groups in total. The number of H-pyrrole nitrogens is 1. The van der Waals surface area contributed by atoms with Crippen LogP contribution in [0.5, 0.6) is 0 Å². The second-order valence-electron chi connectivity index (χ2n) is 5.86. The van der Waals surface area contributed by atoms with Crippen molar-refractivity contribution in [1.29, 1.82) is 0 Å². The number of nitrogens with zero attached hydrogens (tertiary/aromatic N) is 1. The van der Waals surface area contributed by atoms with Crippen LogP contribution < -0.4 is 5.73 Å². The zero-order valence-electron chi connectivity index (χ0n) is 12.5. The lowest BCUT2D eigenvalue weighted by Crippen LogP contribution is -2.40. The Bertz CT molecular complexity index is 847. The number of carbonyl (C=O) groups is 1. The first kappa shape index (κ1) is 15.9. The van der Waals surface area contributed by atoms with Gasteiger partial charge in [-0.1, -0.05) is 6.07 Å². The molecular formula is C15H18FN3O3S. The van der Waals surface area contributed by atoms with Crippen molar-refractivity contribution >= 4 is 26.8 Å². The maximum Gasteiger partial charge on any atom is 0.245 e. The Morgan fingerprint density at radius 3 is 2.96 bits per heavy atom. The van der Waals surface area contributed by atoms with E-state index in [1.807, 2.05) is 0 Å². The fourth-order valence-electron chi connectivity index (χ4n) is 3.15. The molecular weight excluding hydrogens is 321 g/mol. The monoisotopic (exact) mass is 339 g/mol. The van der Waals surface area contributed by atoms with Gasteiger partial charge in [0.15, 0.2) is 0 Å². The van der Waals surface area contributed by atoms with Gasteiger partial charge in [0.05, 0.1) is 5.39 Å². The second-order valence-corrected chi connectivity index (χ2v) is 7.76. The van der Waals surface area contributed by atoms with Crippen LogP contribution in [0.4, 0.5) is 4.39 Å². The van der Waals surface area contributed by atoms with Crippen LogP contribution in [0.3, 0.4) is 0 Å². The van der Waals surface area contributed by atoms with E-state index in [-0.39, 0.29) is 29.2 Å². The molecule has 1 amide bonds. The third kappa shape index (κ3) is 2.96. The minimum atomic E-state index is -3.83. The third-order valence-electron chi connectivity index (χ3n) is 4.21. The summed E-state index contributed by atoms with van der Waals surface area (Å²) >= 11 is 0. The quantitative estimate of drug-likeness (QED) is 0.885. The van der Waals surface area contributed by atoms with E-state index in [9.17, 15) is 17.6 Å². The van der Waals surface area contributed by atoms with Crippen molar-refractivity contribution in [2.45, 2.75) is 24.2 Å². The molecule has 1 aliphatic rings. The number of hydrogen-bond acceptors (Lipinski definition) is 3. The number of aromatic nitrogens is 1. The fourth-order valence-corrected chi connectivity index (χ4v) is 4.88. The number of carbonyl (C=O) groups excluding carboxylic acids is 1. The van der Waals surface area contributed by atoms with Gasteiger partial charge in [0.1, 0.15) is 10.7 Å². The smallest absolute Gasteiger partial charge is 0.245 e. The summed E-state index contributed by atoms with van der Waals surface area (Å²) in [5.74, 6) is -1.11. The normalized spacial score (nSPS) is 20.0. The first-order chi connectivity index (χ1) is 10.9. The van der Waals surface area contributed by atoms with Crippen molar-refractivity contribution in [3.05, 3.63) is 30.2 Å². The zero-order chi connectivity index (χ0) is 16.6. The largest absolute Gasteiger partial charge is 0.370 e. The van der Waals surface area contributed by atoms with Crippen molar-refractivity contribution < 1.29 is 17.6 Å². The molecule has 1 unspecified atom stereocenters. The minimum absolute atomic E-state index is 0.0645. The van der Waals surface area contributed by atoms with Crippen molar-refractivity contribution in [1.82, 2.24) is 9.29 Å². The van der Waals surface area contributed by atoms with E-state index in [2.05, 4.69) is 4.98 Å². The predicted molar refractivity (Wildman–Crippen MR) is 83.6 cm³/mol. The van der Waals surface area contributed by atoms with Crippen LogP contribution in [0.15, 0.2) is 29.3 Å². The summed E-state index contributed by atoms with van der Waals surface area (Å²) in [7, 11) is -3.83. The summed E-state index contributed by atoms with van der Waals surface area (Å²) in [5.41, 5.74) is 5.64. The standard InChI is InChI=1S/C15H18FN3O3S/c16-11-4-1-5-12-15(11)13(8-18-12)23(21,22)19-6-2-3-10(9-19)7-14(17)20/h1,4-5,8,10,18H,2-3,6-7,9H2,(H2,17,20). The molecule has 0 radical (unpaired) electrons. The van der Waals surface area contributed by atoms with Gasteiger partial charge >= 0.3 is 0 Å². The highest BCUT2D eigenvalue weighted by Gasteiger charge is 2.33. The second kappa shape index (κ2) is 5.93. The Morgan fingerprint density at radius 1 is 1.43 bits per heavy atom. The van der Waals surface area contributed by atoms with Gasteiger partial charge in [-0.25, -0.2) is 12.8 Å². The number of halogens is 1. The number of hydrogen-bond donors (Lipinski definition) is 2. The number of fused-ring (bicyclic) bond motifs is 1. The number of amides is 1. The number of benzene rings is 1. The molecule has 124 valence electrons. The Balaban J connectivity index is 1.95. The van der Waals surface area contributed by atoms with E-state index in [0.717, 1.165) is 6.42 Å². The molecule has 2 aromatic rings.